The zero-order chi connectivity index (χ0) is 15.4. The number of likely N-dealkylation sites (tertiary alicyclic amines) is 1. The molecule has 1 aromatic carbocycles. The van der Waals surface area contributed by atoms with Crippen LogP contribution in [0.1, 0.15) is 6.42 Å². The van der Waals surface area contributed by atoms with Gasteiger partial charge < -0.3 is 20.1 Å². The fourth-order valence-electron chi connectivity index (χ4n) is 1.99. The van der Waals surface area contributed by atoms with Crippen LogP contribution in [0.2, 0.25) is 0 Å². The third kappa shape index (κ3) is 3.81. The van der Waals surface area contributed by atoms with E-state index in [1.54, 1.807) is 0 Å². The topological polar surface area (TPSA) is 122 Å². The van der Waals surface area contributed by atoms with Crippen molar-refractivity contribution in [2.24, 2.45) is 0 Å². The van der Waals surface area contributed by atoms with Gasteiger partial charge in [0.2, 0.25) is 0 Å². The monoisotopic (exact) mass is 295 g/mol. The van der Waals surface area contributed by atoms with Crippen molar-refractivity contribution in [2.75, 3.05) is 13.1 Å². The molecule has 2 amide bonds. The molecular weight excluding hydrogens is 282 g/mol. The summed E-state index contributed by atoms with van der Waals surface area (Å²) in [6.45, 7) is 0.572. The zero-order valence-corrected chi connectivity index (χ0v) is 10.9. The quantitative estimate of drug-likeness (QED) is 0.642. The predicted molar refractivity (Wildman–Crippen MR) is 70.3 cm³/mol. The van der Waals surface area contributed by atoms with Crippen molar-refractivity contribution in [3.05, 3.63) is 34.4 Å². The van der Waals surface area contributed by atoms with Crippen molar-refractivity contribution < 1.29 is 24.4 Å². The van der Waals surface area contributed by atoms with Crippen LogP contribution in [0.3, 0.4) is 0 Å². The molecule has 0 aromatic heterocycles. The first kappa shape index (κ1) is 14.6. The van der Waals surface area contributed by atoms with Crippen LogP contribution in [0.25, 0.3) is 0 Å². The summed E-state index contributed by atoms with van der Waals surface area (Å²) < 4.78 is 4.97. The molecule has 0 radical (unpaired) electrons. The van der Waals surface area contributed by atoms with Gasteiger partial charge in [-0.1, -0.05) is 0 Å². The van der Waals surface area contributed by atoms with Crippen LogP contribution in [0, 0.1) is 10.1 Å². The lowest BCUT2D eigenvalue weighted by molar-refractivity contribution is -0.384. The van der Waals surface area contributed by atoms with Crippen molar-refractivity contribution in [3.8, 4) is 5.75 Å². The molecule has 1 heterocycles. The molecule has 1 fully saturated rings. The number of carbonyl (C=O) groups is 2. The van der Waals surface area contributed by atoms with E-state index < -0.39 is 17.1 Å². The Hall–Kier alpha value is -2.84. The Bertz CT molecular complexity index is 559. The number of non-ortho nitro benzene ring substituents is 1. The maximum atomic E-state index is 11.6. The number of hydrogen-bond donors (Lipinski definition) is 2. The third-order valence-corrected chi connectivity index (χ3v) is 3.04. The van der Waals surface area contributed by atoms with Gasteiger partial charge in [0.1, 0.15) is 5.75 Å². The molecule has 21 heavy (non-hydrogen) atoms. The highest BCUT2D eigenvalue weighted by Crippen LogP contribution is 2.17. The van der Waals surface area contributed by atoms with Gasteiger partial charge >= 0.3 is 12.2 Å². The second-order valence-corrected chi connectivity index (χ2v) is 4.50. The number of nitro groups is 1. The molecule has 2 N–H and O–H groups in total. The number of carboxylic acid groups (broad SMARTS) is 1. The predicted octanol–water partition coefficient (Wildman–Crippen LogP) is 1.44. The molecule has 1 aliphatic heterocycles. The van der Waals surface area contributed by atoms with Crippen LogP contribution in [0.15, 0.2) is 24.3 Å². The van der Waals surface area contributed by atoms with E-state index >= 15 is 0 Å². The normalized spacial score (nSPS) is 17.3. The molecule has 0 aliphatic carbocycles. The minimum atomic E-state index is -1.02. The fourth-order valence-corrected chi connectivity index (χ4v) is 1.99. The second kappa shape index (κ2) is 6.07. The molecule has 0 saturated carbocycles. The van der Waals surface area contributed by atoms with E-state index in [1.165, 1.54) is 29.2 Å². The summed E-state index contributed by atoms with van der Waals surface area (Å²) in [6.07, 6.45) is -1.23. The standard InChI is InChI=1S/C12H13N3O6/c16-11(13-8-5-6-14(7-8)12(17)18)21-10-3-1-9(2-4-10)15(19)20/h1-4,8H,5-7H2,(H,13,16)(H,17,18). The van der Waals surface area contributed by atoms with Gasteiger partial charge in [-0.3, -0.25) is 10.1 Å². The highest BCUT2D eigenvalue weighted by atomic mass is 16.6. The number of amides is 2. The van der Waals surface area contributed by atoms with Crippen LogP contribution >= 0.6 is 0 Å². The van der Waals surface area contributed by atoms with E-state index in [-0.39, 0.29) is 24.0 Å². The number of carbonyl (C=O) groups excluding carboxylic acids is 1. The van der Waals surface area contributed by atoms with Gasteiger partial charge in [-0.05, 0) is 18.6 Å². The summed E-state index contributed by atoms with van der Waals surface area (Å²) in [4.78, 5) is 33.5. The summed E-state index contributed by atoms with van der Waals surface area (Å²) >= 11 is 0. The van der Waals surface area contributed by atoms with Crippen LogP contribution in [0.4, 0.5) is 15.3 Å². The van der Waals surface area contributed by atoms with Crippen molar-refractivity contribution in [1.29, 1.82) is 0 Å². The van der Waals surface area contributed by atoms with Crippen LogP contribution in [0.5, 0.6) is 5.75 Å². The number of rotatable bonds is 3. The Labute approximate surface area is 119 Å². The number of nitro benzene ring substituents is 1. The SMILES string of the molecule is O=C(NC1CCN(C(=O)O)C1)Oc1ccc([N+](=O)[O-])cc1. The van der Waals surface area contributed by atoms with E-state index in [0.717, 1.165) is 0 Å². The Morgan fingerprint density at radius 2 is 2.05 bits per heavy atom. The highest BCUT2D eigenvalue weighted by Gasteiger charge is 2.27. The third-order valence-electron chi connectivity index (χ3n) is 3.04. The zero-order valence-electron chi connectivity index (χ0n) is 10.9. The van der Waals surface area contributed by atoms with Gasteiger partial charge in [-0.25, -0.2) is 9.59 Å². The van der Waals surface area contributed by atoms with Crippen molar-refractivity contribution >= 4 is 17.9 Å². The van der Waals surface area contributed by atoms with Gasteiger partial charge in [-0.2, -0.15) is 0 Å². The lowest BCUT2D eigenvalue weighted by atomic mass is 10.3. The maximum Gasteiger partial charge on any atom is 0.412 e. The summed E-state index contributed by atoms with van der Waals surface area (Å²) in [5, 5.41) is 21.8. The van der Waals surface area contributed by atoms with Crippen molar-refractivity contribution in [3.63, 3.8) is 0 Å². The summed E-state index contributed by atoms with van der Waals surface area (Å²) in [5.41, 5.74) is -0.101. The average molecular weight is 295 g/mol. The molecular formula is C12H13N3O6. The Morgan fingerprint density at radius 3 is 2.57 bits per heavy atom. The molecule has 1 atom stereocenters. The van der Waals surface area contributed by atoms with Crippen molar-refractivity contribution in [1.82, 2.24) is 10.2 Å². The van der Waals surface area contributed by atoms with Gasteiger partial charge in [0.05, 0.1) is 11.0 Å². The van der Waals surface area contributed by atoms with E-state index in [9.17, 15) is 19.7 Å². The highest BCUT2D eigenvalue weighted by molar-refractivity contribution is 5.71. The van der Waals surface area contributed by atoms with E-state index in [4.69, 9.17) is 9.84 Å². The van der Waals surface area contributed by atoms with Crippen LogP contribution in [-0.2, 0) is 0 Å². The van der Waals surface area contributed by atoms with Crippen LogP contribution < -0.4 is 10.1 Å². The second-order valence-electron chi connectivity index (χ2n) is 4.50. The number of nitrogens with one attached hydrogen (secondary N) is 1. The molecule has 9 heteroatoms. The molecule has 1 saturated heterocycles. The molecule has 112 valence electrons. The molecule has 1 aliphatic rings. The maximum absolute atomic E-state index is 11.6. The molecule has 1 aromatic rings. The summed E-state index contributed by atoms with van der Waals surface area (Å²) in [7, 11) is 0. The van der Waals surface area contributed by atoms with Gasteiger partial charge in [-0.15, -0.1) is 0 Å². The number of ether oxygens (including phenoxy) is 1. The molecule has 0 bridgehead atoms. The number of hydrogen-bond acceptors (Lipinski definition) is 5. The number of nitrogens with zero attached hydrogens (tertiary/aromatic N) is 2. The first-order valence-corrected chi connectivity index (χ1v) is 6.16. The first-order valence-electron chi connectivity index (χ1n) is 6.16. The molecule has 9 nitrogen and oxygen atoms in total. The fraction of sp³-hybridized carbons (Fsp3) is 0.333. The number of benzene rings is 1. The van der Waals surface area contributed by atoms with Gasteiger partial charge in [0, 0.05) is 25.2 Å². The average Bonchev–Trinajstić information content (AvgIpc) is 2.87. The Balaban J connectivity index is 1.85. The van der Waals surface area contributed by atoms with E-state index in [2.05, 4.69) is 5.32 Å². The smallest absolute Gasteiger partial charge is 0.412 e. The van der Waals surface area contributed by atoms with Crippen LogP contribution in [-0.4, -0.2) is 46.2 Å². The largest absolute Gasteiger partial charge is 0.465 e. The summed E-state index contributed by atoms with van der Waals surface area (Å²) in [6, 6.07) is 4.78. The van der Waals surface area contributed by atoms with E-state index in [0.29, 0.717) is 13.0 Å². The molecule has 1 unspecified atom stereocenters. The molecule has 0 spiro atoms. The summed E-state index contributed by atoms with van der Waals surface area (Å²) in [5.74, 6) is 0.172. The Kier molecular flexibility index (Phi) is 4.21. The van der Waals surface area contributed by atoms with Gasteiger partial charge in [0.25, 0.3) is 5.69 Å². The van der Waals surface area contributed by atoms with Gasteiger partial charge in [0.15, 0.2) is 0 Å². The minimum absolute atomic E-state index is 0.101. The Morgan fingerprint density at radius 1 is 1.38 bits per heavy atom. The first-order chi connectivity index (χ1) is 9.95. The lowest BCUT2D eigenvalue weighted by Gasteiger charge is -2.13. The van der Waals surface area contributed by atoms with E-state index in [1.807, 2.05) is 0 Å². The molecule has 2 rings (SSSR count). The lowest BCUT2D eigenvalue weighted by Crippen LogP contribution is -2.39. The van der Waals surface area contributed by atoms with Crippen molar-refractivity contribution in [2.45, 2.75) is 12.5 Å². The minimum Gasteiger partial charge on any atom is -0.465 e.